The van der Waals surface area contributed by atoms with Crippen LogP contribution in [0.3, 0.4) is 0 Å². The molecule has 0 spiro atoms. The van der Waals surface area contributed by atoms with Gasteiger partial charge in [0.25, 0.3) is 0 Å². The summed E-state index contributed by atoms with van der Waals surface area (Å²) in [5.74, 6) is 1.92. The number of esters is 2. The van der Waals surface area contributed by atoms with Crippen molar-refractivity contribution in [3.8, 4) is 0 Å². The first kappa shape index (κ1) is 55.4. The zero-order valence-corrected chi connectivity index (χ0v) is 23.0. The molecule has 0 aliphatic heterocycles. The number of hydrogen-bond donors (Lipinski definition) is 0. The first-order chi connectivity index (χ1) is 15.1. The lowest BCUT2D eigenvalue weighted by molar-refractivity contribution is -0.144. The molecule has 0 saturated carbocycles. The van der Waals surface area contributed by atoms with E-state index in [1.54, 1.807) is 21.1 Å². The Morgan fingerprint density at radius 2 is 1.14 bits per heavy atom. The third-order valence-corrected chi connectivity index (χ3v) is 4.45. The molecule has 0 N–H and O–H groups in total. The van der Waals surface area contributed by atoms with Gasteiger partial charge in [0, 0.05) is 41.0 Å². The van der Waals surface area contributed by atoms with E-state index in [4.69, 9.17) is 9.47 Å². The van der Waals surface area contributed by atoms with Crippen LogP contribution in [-0.4, -0.2) is 67.3 Å². The van der Waals surface area contributed by atoms with E-state index in [-0.39, 0.29) is 48.3 Å². The molecular formula is C29H70O7. The SMILES string of the molecule is C.C.C.C.CCC(=O)OC.CC[C@H](C)COC.COCC(=O)OC.COCC[C@@H](C)CCCC(C)C. The van der Waals surface area contributed by atoms with Gasteiger partial charge in [-0.25, -0.2) is 4.79 Å². The second kappa shape index (κ2) is 47.1. The average molecular weight is 531 g/mol. The van der Waals surface area contributed by atoms with Gasteiger partial charge in [-0.05, 0) is 24.2 Å². The van der Waals surface area contributed by atoms with Crippen LogP contribution in [0, 0.1) is 17.8 Å². The highest BCUT2D eigenvalue weighted by atomic mass is 16.6. The fourth-order valence-corrected chi connectivity index (χ4v) is 2.06. The lowest BCUT2D eigenvalue weighted by Gasteiger charge is -2.11. The summed E-state index contributed by atoms with van der Waals surface area (Å²) in [5.41, 5.74) is 0. The third-order valence-electron chi connectivity index (χ3n) is 4.45. The van der Waals surface area contributed by atoms with Crippen molar-refractivity contribution in [3.05, 3.63) is 0 Å². The van der Waals surface area contributed by atoms with E-state index in [9.17, 15) is 9.59 Å². The first-order valence-corrected chi connectivity index (χ1v) is 11.7. The summed E-state index contributed by atoms with van der Waals surface area (Å²) >= 11 is 0. The van der Waals surface area contributed by atoms with Crippen LogP contribution in [0.1, 0.15) is 110 Å². The maximum Gasteiger partial charge on any atom is 0.331 e. The van der Waals surface area contributed by atoms with E-state index in [1.165, 1.54) is 53.4 Å². The van der Waals surface area contributed by atoms with Crippen LogP contribution in [0.5, 0.6) is 0 Å². The summed E-state index contributed by atoms with van der Waals surface area (Å²) in [5, 5.41) is 0. The molecule has 0 unspecified atom stereocenters. The lowest BCUT2D eigenvalue weighted by Crippen LogP contribution is -2.07. The molecule has 2 atom stereocenters. The van der Waals surface area contributed by atoms with Crippen LogP contribution in [0.25, 0.3) is 0 Å². The highest BCUT2D eigenvalue weighted by Gasteiger charge is 2.02. The number of methoxy groups -OCH3 is 5. The van der Waals surface area contributed by atoms with E-state index < -0.39 is 0 Å². The molecule has 0 aromatic carbocycles. The van der Waals surface area contributed by atoms with Gasteiger partial charge >= 0.3 is 11.9 Å². The summed E-state index contributed by atoms with van der Waals surface area (Å²) in [6.07, 6.45) is 7.01. The quantitative estimate of drug-likeness (QED) is 0.223. The topological polar surface area (TPSA) is 80.3 Å². The number of rotatable bonds is 13. The Morgan fingerprint density at radius 1 is 0.639 bits per heavy atom. The molecule has 0 saturated heterocycles. The fraction of sp³-hybridized carbons (Fsp3) is 0.931. The molecular weight excluding hydrogens is 460 g/mol. The van der Waals surface area contributed by atoms with Crippen LogP contribution in [-0.2, 0) is 33.3 Å². The standard InChI is InChI=1S/C11H24O.C6H14O.C4H8O3.C4H8O2.4CH4/c1-10(2)6-5-7-11(3)8-9-12-4;1-4-6(2)5-7-3;1-6-3-4(5)7-2;1-3-4(5)6-2;;;;/h10-11H,5-9H2,1-4H3;6H,4-5H2,1-3H3;3H2,1-2H3;3H2,1-2H3;4*1H4/t11-;6-;;;;;;/m00....../s1. The van der Waals surface area contributed by atoms with Gasteiger partial charge in [-0.1, -0.05) is 96.9 Å². The number of ether oxygens (including phenoxy) is 5. The predicted molar refractivity (Wildman–Crippen MR) is 159 cm³/mol. The van der Waals surface area contributed by atoms with E-state index in [0.717, 1.165) is 31.0 Å². The number of carbonyl (C=O) groups excluding carboxylic acids is 2. The van der Waals surface area contributed by atoms with E-state index in [1.807, 2.05) is 0 Å². The Balaban J connectivity index is -0.0000000485. The van der Waals surface area contributed by atoms with Crippen molar-refractivity contribution >= 4 is 11.9 Å². The molecule has 0 aromatic heterocycles. The summed E-state index contributed by atoms with van der Waals surface area (Å²) in [6.45, 7) is 14.9. The maximum atomic E-state index is 10.1. The molecule has 7 nitrogen and oxygen atoms in total. The largest absolute Gasteiger partial charge is 0.469 e. The third kappa shape index (κ3) is 63.8. The monoisotopic (exact) mass is 531 g/mol. The van der Waals surface area contributed by atoms with E-state index >= 15 is 0 Å². The molecule has 228 valence electrons. The van der Waals surface area contributed by atoms with Gasteiger partial charge in [-0.15, -0.1) is 0 Å². The minimum atomic E-state index is -0.345. The molecule has 0 aromatic rings. The van der Waals surface area contributed by atoms with Crippen molar-refractivity contribution in [1.29, 1.82) is 0 Å². The van der Waals surface area contributed by atoms with Gasteiger partial charge in [0.2, 0.25) is 0 Å². The predicted octanol–water partition coefficient (Wildman–Crippen LogP) is 8.08. The van der Waals surface area contributed by atoms with Crippen LogP contribution >= 0.6 is 0 Å². The van der Waals surface area contributed by atoms with Gasteiger partial charge in [-0.2, -0.15) is 0 Å². The van der Waals surface area contributed by atoms with Gasteiger partial charge in [-0.3, -0.25) is 4.79 Å². The Morgan fingerprint density at radius 3 is 1.36 bits per heavy atom. The summed E-state index contributed by atoms with van der Waals surface area (Å²) in [7, 11) is 7.66. The van der Waals surface area contributed by atoms with Gasteiger partial charge in [0.15, 0.2) is 0 Å². The average Bonchev–Trinajstić information content (AvgIpc) is 2.78. The van der Waals surface area contributed by atoms with Crippen molar-refractivity contribution in [3.63, 3.8) is 0 Å². The summed E-state index contributed by atoms with van der Waals surface area (Å²) in [4.78, 5) is 20.0. The normalized spacial score (nSPS) is 10.2. The first-order valence-electron chi connectivity index (χ1n) is 11.7. The fourth-order valence-electron chi connectivity index (χ4n) is 2.06. The van der Waals surface area contributed by atoms with Crippen LogP contribution < -0.4 is 0 Å². The second-order valence-electron chi connectivity index (χ2n) is 8.12. The van der Waals surface area contributed by atoms with Crippen LogP contribution in [0.4, 0.5) is 0 Å². The zero-order valence-electron chi connectivity index (χ0n) is 23.0. The summed E-state index contributed by atoms with van der Waals surface area (Å²) < 4.78 is 22.8. The maximum absolute atomic E-state index is 10.1. The van der Waals surface area contributed by atoms with Gasteiger partial charge in [0.1, 0.15) is 6.61 Å². The van der Waals surface area contributed by atoms with Gasteiger partial charge < -0.3 is 23.7 Å². The van der Waals surface area contributed by atoms with Crippen LogP contribution in [0.2, 0.25) is 0 Å². The smallest absolute Gasteiger partial charge is 0.331 e. The highest BCUT2D eigenvalue weighted by Crippen LogP contribution is 2.14. The highest BCUT2D eigenvalue weighted by molar-refractivity contribution is 5.70. The molecule has 0 aliphatic rings. The Kier molecular flexibility index (Phi) is 72.4. The van der Waals surface area contributed by atoms with Crippen molar-refractivity contribution in [2.24, 2.45) is 17.8 Å². The number of hydrogen-bond acceptors (Lipinski definition) is 7. The van der Waals surface area contributed by atoms with Crippen molar-refractivity contribution < 1.29 is 33.3 Å². The van der Waals surface area contributed by atoms with E-state index in [0.29, 0.717) is 6.42 Å². The Bertz CT molecular complexity index is 369. The summed E-state index contributed by atoms with van der Waals surface area (Å²) in [6, 6.07) is 0. The molecule has 0 amide bonds. The second-order valence-corrected chi connectivity index (χ2v) is 8.12. The molecule has 0 aliphatic carbocycles. The van der Waals surface area contributed by atoms with Crippen molar-refractivity contribution in [1.82, 2.24) is 0 Å². The molecule has 0 rings (SSSR count). The lowest BCUT2D eigenvalue weighted by atomic mass is 9.98. The van der Waals surface area contributed by atoms with Crippen LogP contribution in [0.15, 0.2) is 0 Å². The Labute approximate surface area is 228 Å². The Hall–Kier alpha value is -1.18. The molecule has 0 radical (unpaired) electrons. The zero-order chi connectivity index (χ0) is 25.8. The van der Waals surface area contributed by atoms with Crippen molar-refractivity contribution in [2.45, 2.75) is 110 Å². The van der Waals surface area contributed by atoms with E-state index in [2.05, 4.69) is 48.8 Å². The molecule has 0 bridgehead atoms. The molecule has 36 heavy (non-hydrogen) atoms. The number of carbonyl (C=O) groups is 2. The van der Waals surface area contributed by atoms with Gasteiger partial charge in [0.05, 0.1) is 14.2 Å². The minimum absolute atomic E-state index is 0. The molecule has 7 heteroatoms. The molecule has 0 fully saturated rings. The minimum Gasteiger partial charge on any atom is -0.469 e. The molecule has 0 heterocycles. The van der Waals surface area contributed by atoms with Crippen molar-refractivity contribution in [2.75, 3.05) is 55.4 Å².